The molecule has 3 aliphatic rings. The molecular weight excluding hydrogens is 296 g/mol. The summed E-state index contributed by atoms with van der Waals surface area (Å²) in [6.45, 7) is 8.66. The molecule has 0 saturated carbocycles. The van der Waals surface area contributed by atoms with Crippen LogP contribution in [0.15, 0.2) is 30.3 Å². The van der Waals surface area contributed by atoms with E-state index in [0.717, 1.165) is 5.56 Å². The summed E-state index contributed by atoms with van der Waals surface area (Å²) >= 11 is 0. The third-order valence-electron chi connectivity index (χ3n) is 4.78. The maximum atomic E-state index is 6.24. The molecule has 6 atom stereocenters. The van der Waals surface area contributed by atoms with Gasteiger partial charge in [-0.1, -0.05) is 51.1 Å². The van der Waals surface area contributed by atoms with Crippen LogP contribution in [0.25, 0.3) is 0 Å². The van der Waals surface area contributed by atoms with E-state index in [1.54, 1.807) is 0 Å². The summed E-state index contributed by atoms with van der Waals surface area (Å²) in [5, 5.41) is 0. The van der Waals surface area contributed by atoms with E-state index in [2.05, 4.69) is 0 Å². The molecule has 0 aromatic heterocycles. The molecule has 1 aromatic carbocycles. The first-order valence-corrected chi connectivity index (χ1v) is 8.24. The molecule has 23 heavy (non-hydrogen) atoms. The molecule has 3 aliphatic heterocycles. The van der Waals surface area contributed by atoms with Gasteiger partial charge < -0.3 is 18.9 Å². The van der Waals surface area contributed by atoms with Gasteiger partial charge in [0.25, 0.3) is 5.97 Å². The number of ether oxygens (including phenoxy) is 5. The highest BCUT2D eigenvalue weighted by molar-refractivity contribution is 5.13. The zero-order valence-electron chi connectivity index (χ0n) is 14.0. The van der Waals surface area contributed by atoms with Crippen LogP contribution in [-0.2, 0) is 30.3 Å². The predicted molar refractivity (Wildman–Crippen MR) is 82.4 cm³/mol. The van der Waals surface area contributed by atoms with Crippen molar-refractivity contribution in [1.29, 1.82) is 0 Å². The molecule has 1 aromatic rings. The van der Waals surface area contributed by atoms with Gasteiger partial charge in [0.05, 0.1) is 12.7 Å². The van der Waals surface area contributed by atoms with Crippen molar-refractivity contribution in [1.82, 2.24) is 0 Å². The van der Waals surface area contributed by atoms with Gasteiger partial charge in [0.1, 0.15) is 18.3 Å². The van der Waals surface area contributed by atoms with Crippen molar-refractivity contribution in [2.75, 3.05) is 0 Å². The molecule has 5 heteroatoms. The van der Waals surface area contributed by atoms with E-state index in [0.29, 0.717) is 6.61 Å². The van der Waals surface area contributed by atoms with Gasteiger partial charge in [-0.2, -0.15) is 0 Å². The van der Waals surface area contributed by atoms with Crippen LogP contribution in [0.1, 0.15) is 33.3 Å². The first kappa shape index (κ1) is 15.5. The molecule has 3 saturated heterocycles. The average molecular weight is 320 g/mol. The Kier molecular flexibility index (Phi) is 3.55. The number of rotatable bonds is 3. The first-order chi connectivity index (χ1) is 10.9. The van der Waals surface area contributed by atoms with E-state index in [-0.39, 0.29) is 29.8 Å². The van der Waals surface area contributed by atoms with Crippen molar-refractivity contribution >= 4 is 0 Å². The third-order valence-corrected chi connectivity index (χ3v) is 4.78. The minimum absolute atomic E-state index is 0.0925. The quantitative estimate of drug-likeness (QED) is 0.857. The van der Waals surface area contributed by atoms with Crippen LogP contribution in [0.2, 0.25) is 0 Å². The summed E-state index contributed by atoms with van der Waals surface area (Å²) in [7, 11) is 0. The molecule has 126 valence electrons. The highest BCUT2D eigenvalue weighted by Crippen LogP contribution is 2.52. The minimum Gasteiger partial charge on any atom is -0.368 e. The Labute approximate surface area is 136 Å². The lowest BCUT2D eigenvalue weighted by atomic mass is 9.91. The predicted octanol–water partition coefficient (Wildman–Crippen LogP) is 2.83. The summed E-state index contributed by atoms with van der Waals surface area (Å²) in [4.78, 5) is 0. The van der Waals surface area contributed by atoms with E-state index in [1.165, 1.54) is 0 Å². The second kappa shape index (κ2) is 5.26. The van der Waals surface area contributed by atoms with Gasteiger partial charge in [0, 0.05) is 5.41 Å². The Morgan fingerprint density at radius 2 is 1.74 bits per heavy atom. The van der Waals surface area contributed by atoms with Crippen LogP contribution in [0.5, 0.6) is 0 Å². The number of hydrogen-bond donors (Lipinski definition) is 0. The lowest BCUT2D eigenvalue weighted by Crippen LogP contribution is -2.63. The average Bonchev–Trinajstić information content (AvgIpc) is 2.73. The molecular formula is C18H24O5. The first-order valence-electron chi connectivity index (χ1n) is 8.24. The van der Waals surface area contributed by atoms with Gasteiger partial charge >= 0.3 is 0 Å². The van der Waals surface area contributed by atoms with Crippen molar-refractivity contribution in [2.24, 2.45) is 5.41 Å². The van der Waals surface area contributed by atoms with Crippen LogP contribution >= 0.6 is 0 Å². The topological polar surface area (TPSA) is 46.2 Å². The fourth-order valence-corrected chi connectivity index (χ4v) is 3.44. The summed E-state index contributed by atoms with van der Waals surface area (Å²) in [6.07, 6.45) is -1.18. The Morgan fingerprint density at radius 3 is 2.43 bits per heavy atom. The Bertz CT molecular complexity index is 569. The Hall–Kier alpha value is -0.980. The van der Waals surface area contributed by atoms with Gasteiger partial charge in [0.15, 0.2) is 6.29 Å². The highest BCUT2D eigenvalue weighted by atomic mass is 17.0. The number of benzene rings is 1. The Morgan fingerprint density at radius 1 is 1.04 bits per heavy atom. The van der Waals surface area contributed by atoms with Crippen LogP contribution in [0, 0.1) is 5.41 Å². The van der Waals surface area contributed by atoms with Crippen molar-refractivity contribution in [3.63, 3.8) is 0 Å². The third kappa shape index (κ3) is 2.42. The van der Waals surface area contributed by atoms with E-state index in [9.17, 15) is 0 Å². The minimum atomic E-state index is -1.05. The lowest BCUT2D eigenvalue weighted by Gasteiger charge is -2.48. The number of fused-ring (bicyclic) bond motifs is 2. The summed E-state index contributed by atoms with van der Waals surface area (Å²) in [6, 6.07) is 10.1. The van der Waals surface area contributed by atoms with Crippen molar-refractivity contribution in [2.45, 2.75) is 71.0 Å². The Balaban J connectivity index is 1.55. The van der Waals surface area contributed by atoms with Crippen LogP contribution in [0.4, 0.5) is 0 Å². The van der Waals surface area contributed by atoms with Crippen molar-refractivity contribution in [3.05, 3.63) is 35.9 Å². The smallest absolute Gasteiger partial charge is 0.291 e. The van der Waals surface area contributed by atoms with E-state index < -0.39 is 12.3 Å². The molecule has 2 unspecified atom stereocenters. The highest BCUT2D eigenvalue weighted by Gasteiger charge is 2.68. The second-order valence-corrected chi connectivity index (χ2v) is 7.56. The molecule has 0 amide bonds. The monoisotopic (exact) mass is 320 g/mol. The van der Waals surface area contributed by atoms with Gasteiger partial charge in [0.2, 0.25) is 0 Å². The molecule has 0 spiro atoms. The van der Waals surface area contributed by atoms with Crippen molar-refractivity contribution < 1.29 is 23.7 Å². The molecule has 0 radical (unpaired) electrons. The van der Waals surface area contributed by atoms with Crippen LogP contribution in [-0.4, -0.2) is 36.7 Å². The zero-order chi connectivity index (χ0) is 16.2. The van der Waals surface area contributed by atoms with Crippen LogP contribution in [0.3, 0.4) is 0 Å². The maximum Gasteiger partial charge on any atom is 0.291 e. The normalized spacial score (nSPS) is 42.2. The van der Waals surface area contributed by atoms with Gasteiger partial charge in [-0.15, -0.1) is 0 Å². The lowest BCUT2D eigenvalue weighted by molar-refractivity contribution is -0.429. The molecule has 0 N–H and O–H groups in total. The van der Waals surface area contributed by atoms with Crippen molar-refractivity contribution in [3.8, 4) is 0 Å². The maximum absolute atomic E-state index is 6.24. The summed E-state index contributed by atoms with van der Waals surface area (Å²) in [5.74, 6) is -1.05. The zero-order valence-corrected chi connectivity index (χ0v) is 14.0. The molecule has 3 bridgehead atoms. The summed E-state index contributed by atoms with van der Waals surface area (Å²) in [5.41, 5.74) is 0.819. The number of hydrogen-bond acceptors (Lipinski definition) is 5. The van der Waals surface area contributed by atoms with Gasteiger partial charge in [-0.25, -0.2) is 0 Å². The summed E-state index contributed by atoms with van der Waals surface area (Å²) < 4.78 is 30.5. The molecule has 4 rings (SSSR count). The SMILES string of the molecule is C[C@H]1OC2OC3(C(C)(C)C)O[C@H]1[C@H](OCc1ccccc1)[C@H]2O3. The van der Waals surface area contributed by atoms with Gasteiger partial charge in [-0.05, 0) is 12.5 Å². The standard InChI is InChI=1S/C18H24O5/c1-11-13-14(19-10-12-8-6-5-7-9-12)15-16(20-11)23-18(21-13,22-15)17(2,3)4/h5-9,11,13-16H,10H2,1-4H3/t11-,13-,14+,15-,16?,18?/m1/s1. The molecule has 3 heterocycles. The molecule has 3 fully saturated rings. The van der Waals surface area contributed by atoms with Gasteiger partial charge in [-0.3, -0.25) is 4.74 Å². The molecule has 0 aliphatic carbocycles. The second-order valence-electron chi connectivity index (χ2n) is 7.56. The van der Waals surface area contributed by atoms with E-state index >= 15 is 0 Å². The fourth-order valence-electron chi connectivity index (χ4n) is 3.44. The fraction of sp³-hybridized carbons (Fsp3) is 0.667. The van der Waals surface area contributed by atoms with E-state index in [1.807, 2.05) is 58.0 Å². The molecule has 5 nitrogen and oxygen atoms in total. The van der Waals surface area contributed by atoms with Crippen LogP contribution < -0.4 is 0 Å². The van der Waals surface area contributed by atoms with E-state index in [4.69, 9.17) is 23.7 Å². The largest absolute Gasteiger partial charge is 0.368 e.